The quantitative estimate of drug-likeness (QED) is 0.298. The van der Waals surface area contributed by atoms with E-state index < -0.39 is 0 Å². The van der Waals surface area contributed by atoms with Gasteiger partial charge in [-0.3, -0.25) is 0 Å². The summed E-state index contributed by atoms with van der Waals surface area (Å²) in [6.45, 7) is 7.47. The van der Waals surface area contributed by atoms with Crippen LogP contribution in [0.5, 0.6) is 0 Å². The first-order chi connectivity index (χ1) is 5.95. The summed E-state index contributed by atoms with van der Waals surface area (Å²) in [4.78, 5) is 3.57. The summed E-state index contributed by atoms with van der Waals surface area (Å²) in [6, 6.07) is 2.13. The topological polar surface area (TPSA) is 50.4 Å². The number of hydrogen-bond donors (Lipinski definition) is 2. The molecule has 0 aliphatic heterocycles. The van der Waals surface area contributed by atoms with Crippen LogP contribution in [-0.4, -0.2) is 12.5 Å². The molecular formula is C10H19N3. The van der Waals surface area contributed by atoms with Crippen LogP contribution < -0.4 is 11.1 Å². The van der Waals surface area contributed by atoms with Gasteiger partial charge in [0.1, 0.15) is 0 Å². The van der Waals surface area contributed by atoms with E-state index >= 15 is 0 Å². The van der Waals surface area contributed by atoms with E-state index in [-0.39, 0.29) is 0 Å². The van der Waals surface area contributed by atoms with E-state index in [1.807, 2.05) is 0 Å². The number of rotatable bonds is 3. The van der Waals surface area contributed by atoms with Crippen LogP contribution in [0.4, 0.5) is 0 Å². The van der Waals surface area contributed by atoms with E-state index in [4.69, 9.17) is 12.2 Å². The smallest absolute Gasteiger partial charge is 0.202 e. The summed E-state index contributed by atoms with van der Waals surface area (Å²) in [5.41, 5.74) is 5.81. The van der Waals surface area contributed by atoms with Crippen LogP contribution in [0.3, 0.4) is 0 Å². The second kappa shape index (κ2) is 5.47. The zero-order chi connectivity index (χ0) is 10.3. The highest BCUT2D eigenvalue weighted by Crippen LogP contribution is 2.19. The molecule has 0 atom stereocenters. The monoisotopic (exact) mass is 181 g/mol. The van der Waals surface area contributed by atoms with Crippen molar-refractivity contribution in [1.82, 2.24) is 5.32 Å². The highest BCUT2D eigenvalue weighted by atomic mass is 15.1. The lowest BCUT2D eigenvalue weighted by atomic mass is 9.91. The minimum absolute atomic E-state index is 0.330. The van der Waals surface area contributed by atoms with E-state index in [1.165, 1.54) is 0 Å². The molecule has 0 aliphatic rings. The Labute approximate surface area is 80.8 Å². The van der Waals surface area contributed by atoms with Crippen molar-refractivity contribution in [2.75, 3.05) is 6.54 Å². The highest BCUT2D eigenvalue weighted by Gasteiger charge is 2.08. The molecule has 3 heteroatoms. The third-order valence-corrected chi connectivity index (χ3v) is 1.59. The largest absolute Gasteiger partial charge is 0.369 e. The molecule has 0 amide bonds. The predicted molar refractivity (Wildman–Crippen MR) is 57.1 cm³/mol. The second-order valence-corrected chi connectivity index (χ2v) is 4.22. The minimum atomic E-state index is 0.330. The Balaban J connectivity index is 3.48. The number of nitrogens with two attached hydrogens (primary N) is 1. The molecule has 3 nitrogen and oxygen atoms in total. The van der Waals surface area contributed by atoms with Crippen LogP contribution in [0, 0.1) is 17.9 Å². The van der Waals surface area contributed by atoms with E-state index in [0.717, 1.165) is 19.4 Å². The first-order valence-corrected chi connectivity index (χ1v) is 4.48. The summed E-state index contributed by atoms with van der Waals surface area (Å²) in [5.74, 6) is 0.330. The van der Waals surface area contributed by atoms with Gasteiger partial charge < -0.3 is 11.1 Å². The summed E-state index contributed by atoms with van der Waals surface area (Å²) in [6.07, 6.45) is 7.18. The summed E-state index contributed by atoms with van der Waals surface area (Å²) < 4.78 is 0. The van der Waals surface area contributed by atoms with Crippen molar-refractivity contribution in [3.63, 3.8) is 0 Å². The fourth-order valence-corrected chi connectivity index (χ4v) is 0.944. The van der Waals surface area contributed by atoms with Gasteiger partial charge >= 0.3 is 0 Å². The van der Waals surface area contributed by atoms with Gasteiger partial charge in [0.2, 0.25) is 5.96 Å². The Morgan fingerprint density at radius 1 is 1.54 bits per heavy atom. The van der Waals surface area contributed by atoms with Gasteiger partial charge in [-0.05, 0) is 18.3 Å². The van der Waals surface area contributed by atoms with Crippen LogP contribution >= 0.6 is 0 Å². The Kier molecular flexibility index (Phi) is 4.98. The molecule has 0 saturated heterocycles. The van der Waals surface area contributed by atoms with Crippen LogP contribution in [0.1, 0.15) is 33.6 Å². The first-order valence-electron chi connectivity index (χ1n) is 4.48. The lowest BCUT2D eigenvalue weighted by Crippen LogP contribution is -2.32. The molecule has 0 aromatic rings. The zero-order valence-corrected chi connectivity index (χ0v) is 8.72. The molecule has 74 valence electrons. The molecule has 0 aromatic heterocycles. The van der Waals surface area contributed by atoms with Gasteiger partial charge in [-0.15, -0.1) is 0 Å². The van der Waals surface area contributed by atoms with E-state index in [0.29, 0.717) is 11.4 Å². The lowest BCUT2D eigenvalue weighted by molar-refractivity contribution is 0.365. The van der Waals surface area contributed by atoms with Gasteiger partial charge in [0.15, 0.2) is 0 Å². The molecular weight excluding hydrogens is 162 g/mol. The van der Waals surface area contributed by atoms with Crippen molar-refractivity contribution in [1.29, 1.82) is 0 Å². The molecule has 0 saturated carbocycles. The van der Waals surface area contributed by atoms with E-state index in [2.05, 4.69) is 37.1 Å². The van der Waals surface area contributed by atoms with Crippen LogP contribution in [0.15, 0.2) is 4.99 Å². The third kappa shape index (κ3) is 8.74. The first kappa shape index (κ1) is 11.8. The molecule has 0 unspecified atom stereocenters. The number of hydrogen-bond acceptors (Lipinski definition) is 1. The molecule has 0 aliphatic carbocycles. The molecule has 0 radical (unpaired) electrons. The Morgan fingerprint density at radius 2 is 2.15 bits per heavy atom. The number of guanidine groups is 1. The maximum Gasteiger partial charge on any atom is 0.202 e. The average molecular weight is 181 g/mol. The molecule has 0 bridgehead atoms. The Morgan fingerprint density at radius 3 is 2.62 bits per heavy atom. The average Bonchev–Trinajstić information content (AvgIpc) is 1.97. The molecule has 0 spiro atoms. The highest BCUT2D eigenvalue weighted by molar-refractivity contribution is 5.78. The minimum Gasteiger partial charge on any atom is -0.369 e. The SMILES string of the molecule is C#CN=C(N)NCCCC(C)(C)C. The maximum absolute atomic E-state index is 5.43. The van der Waals surface area contributed by atoms with E-state index in [9.17, 15) is 0 Å². The zero-order valence-electron chi connectivity index (χ0n) is 8.72. The van der Waals surface area contributed by atoms with Crippen molar-refractivity contribution < 1.29 is 0 Å². The van der Waals surface area contributed by atoms with Crippen LogP contribution in [-0.2, 0) is 0 Å². The summed E-state index contributed by atoms with van der Waals surface area (Å²) >= 11 is 0. The lowest BCUT2D eigenvalue weighted by Gasteiger charge is -2.17. The molecule has 0 fully saturated rings. The van der Waals surface area contributed by atoms with Crippen molar-refractivity contribution in [2.45, 2.75) is 33.6 Å². The van der Waals surface area contributed by atoms with Gasteiger partial charge in [-0.1, -0.05) is 27.2 Å². The summed E-state index contributed by atoms with van der Waals surface area (Å²) in [5, 5.41) is 2.94. The molecule has 0 rings (SSSR count). The molecule has 3 N–H and O–H groups in total. The fraction of sp³-hybridized carbons (Fsp3) is 0.700. The Bertz CT molecular complexity index is 205. The van der Waals surface area contributed by atoms with Gasteiger partial charge in [-0.2, -0.15) is 4.99 Å². The van der Waals surface area contributed by atoms with Gasteiger partial charge in [0.25, 0.3) is 0 Å². The van der Waals surface area contributed by atoms with Crippen molar-refractivity contribution >= 4 is 5.96 Å². The van der Waals surface area contributed by atoms with Crippen molar-refractivity contribution in [3.8, 4) is 12.5 Å². The third-order valence-electron chi connectivity index (χ3n) is 1.59. The van der Waals surface area contributed by atoms with Gasteiger partial charge in [0, 0.05) is 12.6 Å². The maximum atomic E-state index is 5.43. The number of aliphatic imine (C=N–C) groups is 1. The Hall–Kier alpha value is -1.17. The predicted octanol–water partition coefficient (Wildman–Crippen LogP) is 1.31. The molecule has 0 heterocycles. The van der Waals surface area contributed by atoms with Gasteiger partial charge in [-0.25, -0.2) is 0 Å². The van der Waals surface area contributed by atoms with Crippen LogP contribution in [0.2, 0.25) is 0 Å². The van der Waals surface area contributed by atoms with Crippen molar-refractivity contribution in [2.24, 2.45) is 16.1 Å². The van der Waals surface area contributed by atoms with Gasteiger partial charge in [0.05, 0.1) is 0 Å². The van der Waals surface area contributed by atoms with Crippen molar-refractivity contribution in [3.05, 3.63) is 0 Å². The normalized spacial score (nSPS) is 12.3. The second-order valence-electron chi connectivity index (χ2n) is 4.22. The molecule has 0 aromatic carbocycles. The number of terminal acetylenes is 1. The number of nitrogens with one attached hydrogen (secondary N) is 1. The van der Waals surface area contributed by atoms with E-state index in [1.54, 1.807) is 0 Å². The molecule has 13 heavy (non-hydrogen) atoms. The summed E-state index contributed by atoms with van der Waals surface area (Å²) in [7, 11) is 0. The van der Waals surface area contributed by atoms with Crippen LogP contribution in [0.25, 0.3) is 0 Å². The fourth-order valence-electron chi connectivity index (χ4n) is 0.944. The standard InChI is InChI=1S/C10H19N3/c1-5-12-9(11)13-8-6-7-10(2,3)4/h1H,6-8H2,2-4H3,(H3,11,12,13). The number of nitrogens with zero attached hydrogens (tertiary/aromatic N) is 1.